The second-order valence-corrected chi connectivity index (χ2v) is 6.36. The quantitative estimate of drug-likeness (QED) is 0.903. The highest BCUT2D eigenvalue weighted by Gasteiger charge is 2.37. The summed E-state index contributed by atoms with van der Waals surface area (Å²) in [5, 5.41) is 3.68. The Labute approximate surface area is 126 Å². The van der Waals surface area contributed by atoms with Crippen LogP contribution in [0.15, 0.2) is 24.5 Å². The average Bonchev–Trinajstić information content (AvgIpc) is 3.38. The first kappa shape index (κ1) is 14.5. The summed E-state index contributed by atoms with van der Waals surface area (Å²) in [6.07, 6.45) is 8.09. The molecular formula is C17H25N3O. The third kappa shape index (κ3) is 3.62. The minimum Gasteiger partial charge on any atom is -0.342 e. The molecule has 2 unspecified atom stereocenters. The molecular weight excluding hydrogens is 262 g/mol. The standard InChI is InChI=1S/C17H25N3O/c1-2-14-12-20(17(21)15-3-4-15)10-7-16(14)19-11-13-5-8-18-9-6-13/h5-6,8-9,14-16,19H,2-4,7,10-12H2,1H3. The van der Waals surface area contributed by atoms with Gasteiger partial charge in [0.15, 0.2) is 0 Å². The minimum atomic E-state index is 0.351. The van der Waals surface area contributed by atoms with E-state index in [1.54, 1.807) is 0 Å². The topological polar surface area (TPSA) is 45.2 Å². The fourth-order valence-electron chi connectivity index (χ4n) is 3.25. The lowest BCUT2D eigenvalue weighted by atomic mass is 9.89. The predicted octanol–water partition coefficient (Wildman–Crippen LogP) is 2.21. The Morgan fingerprint density at radius 1 is 1.33 bits per heavy atom. The monoisotopic (exact) mass is 287 g/mol. The lowest BCUT2D eigenvalue weighted by Crippen LogP contribution is -2.51. The molecule has 1 saturated heterocycles. The van der Waals surface area contributed by atoms with Crippen LogP contribution in [0.25, 0.3) is 0 Å². The zero-order chi connectivity index (χ0) is 14.7. The smallest absolute Gasteiger partial charge is 0.225 e. The van der Waals surface area contributed by atoms with Gasteiger partial charge in [0, 0.05) is 44.0 Å². The normalized spacial score (nSPS) is 25.9. The van der Waals surface area contributed by atoms with Gasteiger partial charge in [0.05, 0.1) is 0 Å². The van der Waals surface area contributed by atoms with E-state index >= 15 is 0 Å². The summed E-state index contributed by atoms with van der Waals surface area (Å²) in [5.74, 6) is 1.33. The first-order valence-electron chi connectivity index (χ1n) is 8.19. The fourth-order valence-corrected chi connectivity index (χ4v) is 3.25. The number of amides is 1. The van der Waals surface area contributed by atoms with E-state index in [4.69, 9.17) is 0 Å². The molecule has 2 fully saturated rings. The molecule has 0 spiro atoms. The van der Waals surface area contributed by atoms with Crippen LogP contribution in [0.1, 0.15) is 38.2 Å². The molecule has 1 N–H and O–H groups in total. The van der Waals surface area contributed by atoms with E-state index < -0.39 is 0 Å². The number of hydrogen-bond donors (Lipinski definition) is 1. The number of rotatable bonds is 5. The number of nitrogens with zero attached hydrogens (tertiary/aromatic N) is 2. The van der Waals surface area contributed by atoms with E-state index in [0.717, 1.165) is 45.3 Å². The van der Waals surface area contributed by atoms with Crippen molar-refractivity contribution in [2.24, 2.45) is 11.8 Å². The molecule has 2 heterocycles. The van der Waals surface area contributed by atoms with Gasteiger partial charge in [-0.3, -0.25) is 9.78 Å². The number of pyridine rings is 1. The number of piperidine rings is 1. The maximum absolute atomic E-state index is 12.2. The lowest BCUT2D eigenvalue weighted by Gasteiger charge is -2.39. The van der Waals surface area contributed by atoms with Gasteiger partial charge in [0.2, 0.25) is 5.91 Å². The summed E-state index contributed by atoms with van der Waals surface area (Å²) in [4.78, 5) is 18.4. The SMILES string of the molecule is CCC1CN(C(=O)C2CC2)CCC1NCc1ccncc1. The summed E-state index contributed by atoms with van der Waals surface area (Å²) < 4.78 is 0. The van der Waals surface area contributed by atoms with Gasteiger partial charge < -0.3 is 10.2 Å². The Bertz CT molecular complexity index is 472. The molecule has 1 aliphatic heterocycles. The number of carbonyl (C=O) groups is 1. The zero-order valence-electron chi connectivity index (χ0n) is 12.8. The van der Waals surface area contributed by atoms with Crippen molar-refractivity contribution in [1.29, 1.82) is 0 Å². The Balaban J connectivity index is 1.53. The van der Waals surface area contributed by atoms with E-state index in [0.29, 0.717) is 23.8 Å². The molecule has 0 radical (unpaired) electrons. The van der Waals surface area contributed by atoms with Crippen LogP contribution in [0.2, 0.25) is 0 Å². The summed E-state index contributed by atoms with van der Waals surface area (Å²) >= 11 is 0. The van der Waals surface area contributed by atoms with Crippen molar-refractivity contribution in [3.05, 3.63) is 30.1 Å². The molecule has 2 atom stereocenters. The van der Waals surface area contributed by atoms with Crippen molar-refractivity contribution in [3.63, 3.8) is 0 Å². The third-order valence-electron chi connectivity index (χ3n) is 4.81. The van der Waals surface area contributed by atoms with Gasteiger partial charge in [-0.15, -0.1) is 0 Å². The Morgan fingerprint density at radius 2 is 2.10 bits per heavy atom. The van der Waals surface area contributed by atoms with Crippen LogP contribution in [-0.2, 0) is 11.3 Å². The van der Waals surface area contributed by atoms with E-state index in [2.05, 4.69) is 34.3 Å². The summed E-state index contributed by atoms with van der Waals surface area (Å²) in [5.41, 5.74) is 1.27. The van der Waals surface area contributed by atoms with Crippen molar-refractivity contribution in [2.75, 3.05) is 13.1 Å². The largest absolute Gasteiger partial charge is 0.342 e. The van der Waals surface area contributed by atoms with E-state index in [-0.39, 0.29) is 0 Å². The van der Waals surface area contributed by atoms with Crippen LogP contribution in [-0.4, -0.2) is 34.9 Å². The fraction of sp³-hybridized carbons (Fsp3) is 0.647. The van der Waals surface area contributed by atoms with Crippen LogP contribution in [0.4, 0.5) is 0 Å². The Hall–Kier alpha value is -1.42. The summed E-state index contributed by atoms with van der Waals surface area (Å²) in [6.45, 7) is 4.97. The number of nitrogens with one attached hydrogen (secondary N) is 1. The molecule has 1 aromatic heterocycles. The molecule has 4 nitrogen and oxygen atoms in total. The Kier molecular flexibility index (Phi) is 4.54. The summed E-state index contributed by atoms with van der Waals surface area (Å²) in [7, 11) is 0. The second-order valence-electron chi connectivity index (χ2n) is 6.36. The van der Waals surface area contributed by atoms with E-state index in [9.17, 15) is 4.79 Å². The number of hydrogen-bond acceptors (Lipinski definition) is 3. The zero-order valence-corrected chi connectivity index (χ0v) is 12.8. The van der Waals surface area contributed by atoms with Crippen molar-refractivity contribution in [3.8, 4) is 0 Å². The first-order chi connectivity index (χ1) is 10.3. The highest BCUT2D eigenvalue weighted by molar-refractivity contribution is 5.81. The second kappa shape index (κ2) is 6.56. The molecule has 4 heteroatoms. The molecule has 3 rings (SSSR count). The first-order valence-corrected chi connectivity index (χ1v) is 8.19. The van der Waals surface area contributed by atoms with Crippen LogP contribution >= 0.6 is 0 Å². The van der Waals surface area contributed by atoms with Crippen LogP contribution in [0.3, 0.4) is 0 Å². The molecule has 1 saturated carbocycles. The van der Waals surface area contributed by atoms with Crippen LogP contribution in [0, 0.1) is 11.8 Å². The van der Waals surface area contributed by atoms with Crippen molar-refractivity contribution >= 4 is 5.91 Å². The van der Waals surface area contributed by atoms with Crippen molar-refractivity contribution < 1.29 is 4.79 Å². The molecule has 1 aliphatic carbocycles. The van der Waals surface area contributed by atoms with Crippen LogP contribution in [0.5, 0.6) is 0 Å². The molecule has 1 aromatic rings. The van der Waals surface area contributed by atoms with Gasteiger partial charge in [-0.1, -0.05) is 13.3 Å². The van der Waals surface area contributed by atoms with E-state index in [1.165, 1.54) is 5.56 Å². The Morgan fingerprint density at radius 3 is 2.76 bits per heavy atom. The van der Waals surface area contributed by atoms with Gasteiger partial charge in [0.1, 0.15) is 0 Å². The lowest BCUT2D eigenvalue weighted by molar-refractivity contribution is -0.134. The molecule has 21 heavy (non-hydrogen) atoms. The third-order valence-corrected chi connectivity index (χ3v) is 4.81. The van der Waals surface area contributed by atoms with E-state index in [1.807, 2.05) is 12.4 Å². The van der Waals surface area contributed by atoms with Gasteiger partial charge in [-0.25, -0.2) is 0 Å². The molecule has 114 valence electrons. The molecule has 1 amide bonds. The maximum atomic E-state index is 12.2. The minimum absolute atomic E-state index is 0.351. The van der Waals surface area contributed by atoms with Gasteiger partial charge in [0.25, 0.3) is 0 Å². The van der Waals surface area contributed by atoms with Crippen LogP contribution < -0.4 is 5.32 Å². The van der Waals surface area contributed by atoms with Gasteiger partial charge in [-0.05, 0) is 42.9 Å². The highest BCUT2D eigenvalue weighted by Crippen LogP contribution is 2.33. The van der Waals surface area contributed by atoms with Gasteiger partial charge in [-0.2, -0.15) is 0 Å². The number of carbonyl (C=O) groups excluding carboxylic acids is 1. The average molecular weight is 287 g/mol. The van der Waals surface area contributed by atoms with Gasteiger partial charge >= 0.3 is 0 Å². The molecule has 0 aromatic carbocycles. The predicted molar refractivity (Wildman–Crippen MR) is 82.6 cm³/mol. The summed E-state index contributed by atoms with van der Waals surface area (Å²) in [6, 6.07) is 4.63. The van der Waals surface area contributed by atoms with Crippen molar-refractivity contribution in [2.45, 2.75) is 45.2 Å². The van der Waals surface area contributed by atoms with Crippen molar-refractivity contribution in [1.82, 2.24) is 15.2 Å². The number of aromatic nitrogens is 1. The number of likely N-dealkylation sites (tertiary alicyclic amines) is 1. The molecule has 2 aliphatic rings. The maximum Gasteiger partial charge on any atom is 0.225 e. The molecule has 0 bridgehead atoms. The highest BCUT2D eigenvalue weighted by atomic mass is 16.2.